The van der Waals surface area contributed by atoms with Crippen LogP contribution in [0.3, 0.4) is 0 Å². The largest absolute Gasteiger partial charge is 0.310 e. The fourth-order valence-electron chi connectivity index (χ4n) is 2.20. The molecule has 1 aliphatic carbocycles. The van der Waals surface area contributed by atoms with Gasteiger partial charge in [0.05, 0.1) is 16.4 Å². The molecule has 3 rings (SSSR count). The Hall–Kier alpha value is -1.95. The van der Waals surface area contributed by atoms with E-state index in [1.165, 1.54) is 6.20 Å². The number of aromatic amines is 2. The third-order valence-corrected chi connectivity index (χ3v) is 5.42. The maximum absolute atomic E-state index is 12.3. The molecule has 1 aromatic carbocycles. The van der Waals surface area contributed by atoms with Gasteiger partial charge in [0.15, 0.2) is 0 Å². The summed E-state index contributed by atoms with van der Waals surface area (Å²) in [6, 6.07) is 5.38. The Bertz CT molecular complexity index is 803. The van der Waals surface area contributed by atoms with Crippen LogP contribution in [-0.4, -0.2) is 19.7 Å². The van der Waals surface area contributed by atoms with E-state index in [9.17, 15) is 13.8 Å². The second kappa shape index (κ2) is 4.86. The van der Waals surface area contributed by atoms with Crippen LogP contribution in [0.2, 0.25) is 0 Å². The van der Waals surface area contributed by atoms with Gasteiger partial charge in [-0.3, -0.25) is 18.9 Å². The Kier molecular flexibility index (Phi) is 3.17. The molecule has 1 aliphatic rings. The highest BCUT2D eigenvalue weighted by molar-refractivity contribution is 7.86. The zero-order valence-electron chi connectivity index (χ0n) is 10.9. The van der Waals surface area contributed by atoms with E-state index in [4.69, 9.17) is 0 Å². The van der Waals surface area contributed by atoms with Gasteiger partial charge in [0.1, 0.15) is 0 Å². The standard InChI is InChI=1S/C14H14N2O3S/c1-8-10(11-7-15-16-14(18)13(11)17)3-2-4-12(8)20(19)9-5-6-9/h2-4,7,9H,5-6H2,1H3,(H,15,17)(H,16,18)/t20-/m0/s1. The molecule has 0 aliphatic heterocycles. The van der Waals surface area contributed by atoms with Crippen molar-refractivity contribution in [2.24, 2.45) is 0 Å². The second-order valence-electron chi connectivity index (χ2n) is 4.91. The quantitative estimate of drug-likeness (QED) is 0.836. The van der Waals surface area contributed by atoms with Crippen LogP contribution in [0.5, 0.6) is 0 Å². The van der Waals surface area contributed by atoms with Crippen molar-refractivity contribution in [1.82, 2.24) is 10.2 Å². The Balaban J connectivity index is 2.17. The van der Waals surface area contributed by atoms with E-state index in [1.807, 2.05) is 13.0 Å². The van der Waals surface area contributed by atoms with E-state index in [0.29, 0.717) is 11.1 Å². The Morgan fingerprint density at radius 2 is 1.95 bits per heavy atom. The van der Waals surface area contributed by atoms with Crippen LogP contribution in [0, 0.1) is 6.92 Å². The van der Waals surface area contributed by atoms with E-state index >= 15 is 0 Å². The van der Waals surface area contributed by atoms with Gasteiger partial charge in [0, 0.05) is 16.3 Å². The first-order valence-electron chi connectivity index (χ1n) is 6.40. The SMILES string of the molecule is Cc1c(-c2c[nH][nH]c(=O)c2=O)cccc1[S@@](=O)C1CC1. The first kappa shape index (κ1) is 13.1. The van der Waals surface area contributed by atoms with Gasteiger partial charge in [-0.25, -0.2) is 0 Å². The van der Waals surface area contributed by atoms with Crippen molar-refractivity contribution in [2.75, 3.05) is 0 Å². The van der Waals surface area contributed by atoms with Gasteiger partial charge >= 0.3 is 5.56 Å². The zero-order valence-corrected chi connectivity index (χ0v) is 11.8. The molecule has 0 radical (unpaired) electrons. The van der Waals surface area contributed by atoms with Gasteiger partial charge in [0.2, 0.25) is 0 Å². The molecule has 104 valence electrons. The maximum atomic E-state index is 12.3. The smallest absolute Gasteiger partial charge is 0.305 e. The zero-order chi connectivity index (χ0) is 14.3. The lowest BCUT2D eigenvalue weighted by Gasteiger charge is -2.10. The molecular formula is C14H14N2O3S. The third kappa shape index (κ3) is 2.16. The van der Waals surface area contributed by atoms with Gasteiger partial charge in [-0.05, 0) is 37.0 Å². The molecule has 20 heavy (non-hydrogen) atoms. The average molecular weight is 290 g/mol. The van der Waals surface area contributed by atoms with Crippen LogP contribution in [0.25, 0.3) is 11.1 Å². The number of benzene rings is 1. The normalized spacial score (nSPS) is 16.1. The fourth-order valence-corrected chi connectivity index (χ4v) is 3.75. The molecule has 0 amide bonds. The molecule has 0 unspecified atom stereocenters. The number of nitrogens with one attached hydrogen (secondary N) is 2. The van der Waals surface area contributed by atoms with Crippen molar-refractivity contribution in [3.63, 3.8) is 0 Å². The minimum absolute atomic E-state index is 0.237. The molecule has 5 nitrogen and oxygen atoms in total. The highest BCUT2D eigenvalue weighted by Gasteiger charge is 2.30. The van der Waals surface area contributed by atoms with E-state index in [2.05, 4.69) is 10.2 Å². The summed E-state index contributed by atoms with van der Waals surface area (Å²) in [5, 5.41) is 5.05. The minimum Gasteiger partial charge on any atom is -0.305 e. The number of H-pyrrole nitrogens is 2. The number of hydrogen-bond acceptors (Lipinski definition) is 3. The minimum atomic E-state index is -1.03. The molecule has 1 saturated carbocycles. The molecule has 2 aromatic rings. The van der Waals surface area contributed by atoms with Crippen molar-refractivity contribution in [3.05, 3.63) is 50.5 Å². The van der Waals surface area contributed by atoms with E-state index < -0.39 is 21.8 Å². The predicted molar refractivity (Wildman–Crippen MR) is 77.3 cm³/mol. The van der Waals surface area contributed by atoms with Crippen LogP contribution in [0.15, 0.2) is 38.9 Å². The molecule has 0 spiro atoms. The molecule has 2 N–H and O–H groups in total. The van der Waals surface area contributed by atoms with Crippen molar-refractivity contribution in [2.45, 2.75) is 29.9 Å². The summed E-state index contributed by atoms with van der Waals surface area (Å²) >= 11 is 0. The third-order valence-electron chi connectivity index (χ3n) is 3.47. The first-order valence-corrected chi connectivity index (χ1v) is 7.62. The van der Waals surface area contributed by atoms with Crippen molar-refractivity contribution >= 4 is 10.8 Å². The molecule has 1 heterocycles. The van der Waals surface area contributed by atoms with Gasteiger partial charge in [-0.15, -0.1) is 0 Å². The van der Waals surface area contributed by atoms with E-state index in [0.717, 1.165) is 23.3 Å². The topological polar surface area (TPSA) is 82.8 Å². The number of rotatable bonds is 3. The molecular weight excluding hydrogens is 276 g/mol. The number of aromatic nitrogens is 2. The van der Waals surface area contributed by atoms with Crippen LogP contribution >= 0.6 is 0 Å². The van der Waals surface area contributed by atoms with Crippen LogP contribution in [0.1, 0.15) is 18.4 Å². The van der Waals surface area contributed by atoms with E-state index in [-0.39, 0.29) is 5.25 Å². The molecule has 0 saturated heterocycles. The molecule has 6 heteroatoms. The lowest BCUT2D eigenvalue weighted by molar-refractivity contribution is 0.682. The Labute approximate surface area is 117 Å². The summed E-state index contributed by atoms with van der Waals surface area (Å²) in [6.45, 7) is 1.84. The Morgan fingerprint density at radius 1 is 1.20 bits per heavy atom. The van der Waals surface area contributed by atoms with Crippen molar-refractivity contribution in [1.29, 1.82) is 0 Å². The lowest BCUT2D eigenvalue weighted by Crippen LogP contribution is -2.28. The van der Waals surface area contributed by atoms with E-state index in [1.54, 1.807) is 12.1 Å². The van der Waals surface area contributed by atoms with Crippen LogP contribution < -0.4 is 11.0 Å². The Morgan fingerprint density at radius 3 is 2.65 bits per heavy atom. The average Bonchev–Trinajstić information content (AvgIpc) is 3.26. The van der Waals surface area contributed by atoms with Gasteiger partial charge in [0.25, 0.3) is 5.43 Å². The summed E-state index contributed by atoms with van der Waals surface area (Å²) in [5.74, 6) is 0. The summed E-state index contributed by atoms with van der Waals surface area (Å²) in [6.07, 6.45) is 3.44. The second-order valence-corrected chi connectivity index (χ2v) is 6.61. The first-order chi connectivity index (χ1) is 9.59. The van der Waals surface area contributed by atoms with Crippen molar-refractivity contribution < 1.29 is 4.21 Å². The maximum Gasteiger partial charge on any atom is 0.310 e. The fraction of sp³-hybridized carbons (Fsp3) is 0.286. The van der Waals surface area contributed by atoms with Gasteiger partial charge in [-0.2, -0.15) is 0 Å². The molecule has 1 fully saturated rings. The van der Waals surface area contributed by atoms with Gasteiger partial charge < -0.3 is 5.10 Å². The number of hydrogen-bond donors (Lipinski definition) is 2. The van der Waals surface area contributed by atoms with Crippen LogP contribution in [0.4, 0.5) is 0 Å². The highest BCUT2D eigenvalue weighted by Crippen LogP contribution is 2.33. The monoisotopic (exact) mass is 290 g/mol. The summed E-state index contributed by atoms with van der Waals surface area (Å²) < 4.78 is 12.3. The predicted octanol–water partition coefficient (Wildman–Crippen LogP) is 1.31. The molecule has 1 aromatic heterocycles. The highest BCUT2D eigenvalue weighted by atomic mass is 32.2. The summed E-state index contributed by atoms with van der Waals surface area (Å²) in [7, 11) is -1.03. The lowest BCUT2D eigenvalue weighted by atomic mass is 10.0. The molecule has 1 atom stereocenters. The summed E-state index contributed by atoms with van der Waals surface area (Å²) in [4.78, 5) is 24.1. The van der Waals surface area contributed by atoms with Crippen molar-refractivity contribution in [3.8, 4) is 11.1 Å². The van der Waals surface area contributed by atoms with Crippen LogP contribution in [-0.2, 0) is 10.8 Å². The van der Waals surface area contributed by atoms with Gasteiger partial charge in [-0.1, -0.05) is 12.1 Å². The summed E-state index contributed by atoms with van der Waals surface area (Å²) in [5.41, 5.74) is 0.496. The molecule has 0 bridgehead atoms.